The average Bonchev–Trinajstić information content (AvgIpc) is 2.39. The van der Waals surface area contributed by atoms with Crippen molar-refractivity contribution in [1.29, 1.82) is 0 Å². The van der Waals surface area contributed by atoms with Gasteiger partial charge in [-0.3, -0.25) is 14.9 Å². The Bertz CT molecular complexity index is 494. The number of nitro benzene ring substituents is 1. The fourth-order valence-corrected chi connectivity index (χ4v) is 1.57. The Morgan fingerprint density at radius 1 is 1.50 bits per heavy atom. The highest BCUT2D eigenvalue weighted by Crippen LogP contribution is 2.24. The smallest absolute Gasteiger partial charge is 0.295 e. The third kappa shape index (κ3) is 4.83. The topological polar surface area (TPSA) is 84.3 Å². The molecule has 0 aliphatic heterocycles. The van der Waals surface area contributed by atoms with Gasteiger partial charge in [-0.25, -0.2) is 4.39 Å². The minimum Gasteiger partial charge on any atom is -0.379 e. The number of nitrogens with zero attached hydrogens (tertiary/aromatic N) is 1. The van der Waals surface area contributed by atoms with Crippen LogP contribution in [0.1, 0.15) is 26.7 Å². The molecule has 0 fully saturated rings. The molecule has 0 aliphatic carbocycles. The molecule has 0 bridgehead atoms. The van der Waals surface area contributed by atoms with Crippen LogP contribution in [0.15, 0.2) is 18.2 Å². The summed E-state index contributed by atoms with van der Waals surface area (Å²) >= 11 is 0. The summed E-state index contributed by atoms with van der Waals surface area (Å²) in [7, 11) is 0. The molecule has 0 saturated heterocycles. The van der Waals surface area contributed by atoms with Gasteiger partial charge in [-0.05, 0) is 25.5 Å². The number of halogens is 1. The Labute approximate surface area is 116 Å². The van der Waals surface area contributed by atoms with Crippen molar-refractivity contribution < 1.29 is 14.1 Å². The van der Waals surface area contributed by atoms with E-state index in [0.29, 0.717) is 0 Å². The predicted octanol–water partition coefficient (Wildman–Crippen LogP) is 2.45. The van der Waals surface area contributed by atoms with E-state index >= 15 is 0 Å². The number of carbonyl (C=O) groups is 1. The normalized spacial score (nSPS) is 11.8. The molecule has 6 nitrogen and oxygen atoms in total. The summed E-state index contributed by atoms with van der Waals surface area (Å²) in [4.78, 5) is 21.6. The van der Waals surface area contributed by atoms with Crippen LogP contribution in [0.4, 0.5) is 15.8 Å². The van der Waals surface area contributed by atoms with Crippen molar-refractivity contribution in [2.45, 2.75) is 32.7 Å². The van der Waals surface area contributed by atoms with E-state index in [9.17, 15) is 19.3 Å². The highest BCUT2D eigenvalue weighted by molar-refractivity contribution is 5.77. The zero-order valence-electron chi connectivity index (χ0n) is 11.5. The fourth-order valence-electron chi connectivity index (χ4n) is 1.57. The molecule has 1 aromatic carbocycles. The van der Waals surface area contributed by atoms with Crippen LogP contribution in [0.3, 0.4) is 0 Å². The molecule has 1 amide bonds. The molecular formula is C13H18FN3O3. The molecule has 1 aromatic rings. The minimum atomic E-state index is -0.670. The highest BCUT2D eigenvalue weighted by atomic mass is 19.1. The zero-order valence-corrected chi connectivity index (χ0v) is 11.5. The monoisotopic (exact) mass is 283 g/mol. The summed E-state index contributed by atoms with van der Waals surface area (Å²) in [6.07, 6.45) is 1.03. The first-order chi connectivity index (χ1) is 9.43. The van der Waals surface area contributed by atoms with Crippen molar-refractivity contribution in [3.63, 3.8) is 0 Å². The van der Waals surface area contributed by atoms with Crippen LogP contribution in [0, 0.1) is 15.9 Å². The molecule has 0 spiro atoms. The van der Waals surface area contributed by atoms with E-state index in [0.717, 1.165) is 18.6 Å². The fraction of sp³-hybridized carbons (Fsp3) is 0.462. The second-order valence-corrected chi connectivity index (χ2v) is 4.47. The average molecular weight is 283 g/mol. The third-order valence-corrected chi connectivity index (χ3v) is 2.84. The SMILES string of the molecule is CCC(C)NC(=O)CCNc1ccc(F)cc1[N+](=O)[O-]. The number of nitrogens with one attached hydrogen (secondary N) is 2. The first kappa shape index (κ1) is 15.9. The Hall–Kier alpha value is -2.18. The van der Waals surface area contributed by atoms with Crippen molar-refractivity contribution in [1.82, 2.24) is 5.32 Å². The van der Waals surface area contributed by atoms with Crippen LogP contribution in [0.25, 0.3) is 0 Å². The molecule has 0 saturated carbocycles. The van der Waals surface area contributed by atoms with Crippen LogP contribution < -0.4 is 10.6 Å². The summed E-state index contributed by atoms with van der Waals surface area (Å²) in [5.74, 6) is -0.798. The molecule has 1 atom stereocenters. The maximum atomic E-state index is 12.9. The summed E-state index contributed by atoms with van der Waals surface area (Å²) in [5, 5.41) is 16.3. The van der Waals surface area contributed by atoms with Gasteiger partial charge in [-0.1, -0.05) is 6.92 Å². The maximum absolute atomic E-state index is 12.9. The van der Waals surface area contributed by atoms with E-state index in [1.165, 1.54) is 6.07 Å². The van der Waals surface area contributed by atoms with Gasteiger partial charge >= 0.3 is 0 Å². The van der Waals surface area contributed by atoms with Crippen LogP contribution in [-0.4, -0.2) is 23.4 Å². The Morgan fingerprint density at radius 2 is 2.20 bits per heavy atom. The van der Waals surface area contributed by atoms with Crippen LogP contribution in [0.2, 0.25) is 0 Å². The predicted molar refractivity (Wildman–Crippen MR) is 74.1 cm³/mol. The number of rotatable bonds is 7. The molecule has 2 N–H and O–H groups in total. The molecule has 1 unspecified atom stereocenters. The van der Waals surface area contributed by atoms with Crippen LogP contribution in [-0.2, 0) is 4.79 Å². The molecular weight excluding hydrogens is 265 g/mol. The van der Waals surface area contributed by atoms with Crippen molar-refractivity contribution in [2.24, 2.45) is 0 Å². The lowest BCUT2D eigenvalue weighted by Crippen LogP contribution is -2.32. The molecule has 110 valence electrons. The largest absolute Gasteiger partial charge is 0.379 e. The first-order valence-corrected chi connectivity index (χ1v) is 6.41. The Morgan fingerprint density at radius 3 is 2.80 bits per heavy atom. The molecule has 0 aliphatic rings. The number of hydrogen-bond acceptors (Lipinski definition) is 4. The van der Waals surface area contributed by atoms with E-state index in [2.05, 4.69) is 10.6 Å². The quantitative estimate of drug-likeness (QED) is 0.594. The standard InChI is InChI=1S/C13H18FN3O3/c1-3-9(2)16-13(18)6-7-15-11-5-4-10(14)8-12(11)17(19)20/h4-5,8-9,15H,3,6-7H2,1-2H3,(H,16,18). The van der Waals surface area contributed by atoms with Crippen LogP contribution in [0.5, 0.6) is 0 Å². The van der Waals surface area contributed by atoms with Gasteiger partial charge in [0.05, 0.1) is 11.0 Å². The summed E-state index contributed by atoms with van der Waals surface area (Å²) in [6.45, 7) is 4.11. The van der Waals surface area contributed by atoms with Crippen molar-refractivity contribution in [3.05, 3.63) is 34.1 Å². The van der Waals surface area contributed by atoms with Gasteiger partial charge in [0.1, 0.15) is 11.5 Å². The van der Waals surface area contributed by atoms with Crippen molar-refractivity contribution >= 4 is 17.3 Å². The van der Waals surface area contributed by atoms with E-state index in [1.807, 2.05) is 13.8 Å². The number of nitro groups is 1. The number of hydrogen-bond donors (Lipinski definition) is 2. The van der Waals surface area contributed by atoms with Crippen LogP contribution >= 0.6 is 0 Å². The minimum absolute atomic E-state index is 0.0997. The van der Waals surface area contributed by atoms with E-state index in [-0.39, 0.29) is 36.3 Å². The van der Waals surface area contributed by atoms with Gasteiger partial charge in [-0.2, -0.15) is 0 Å². The lowest BCUT2D eigenvalue weighted by Gasteiger charge is -2.12. The van der Waals surface area contributed by atoms with E-state index < -0.39 is 10.7 Å². The van der Waals surface area contributed by atoms with Gasteiger partial charge in [0.25, 0.3) is 5.69 Å². The molecule has 20 heavy (non-hydrogen) atoms. The van der Waals surface area contributed by atoms with Gasteiger partial charge < -0.3 is 10.6 Å². The summed E-state index contributed by atoms with van der Waals surface area (Å²) in [5.41, 5.74) is -0.139. The lowest BCUT2D eigenvalue weighted by atomic mass is 10.2. The van der Waals surface area contributed by atoms with Gasteiger partial charge in [0.15, 0.2) is 0 Å². The van der Waals surface area contributed by atoms with Crippen molar-refractivity contribution in [3.8, 4) is 0 Å². The van der Waals surface area contributed by atoms with Crippen molar-refractivity contribution in [2.75, 3.05) is 11.9 Å². The molecule has 0 radical (unpaired) electrons. The molecule has 0 aromatic heterocycles. The summed E-state index contributed by atoms with van der Waals surface area (Å²) < 4.78 is 12.9. The van der Waals surface area contributed by atoms with E-state index in [1.54, 1.807) is 0 Å². The zero-order chi connectivity index (χ0) is 15.1. The number of anilines is 1. The van der Waals surface area contributed by atoms with Gasteiger partial charge in [0, 0.05) is 19.0 Å². The second kappa shape index (κ2) is 7.42. The highest BCUT2D eigenvalue weighted by Gasteiger charge is 2.14. The Kier molecular flexibility index (Phi) is 5.89. The third-order valence-electron chi connectivity index (χ3n) is 2.84. The maximum Gasteiger partial charge on any atom is 0.295 e. The van der Waals surface area contributed by atoms with Gasteiger partial charge in [-0.15, -0.1) is 0 Å². The number of carbonyl (C=O) groups excluding carboxylic acids is 1. The van der Waals surface area contributed by atoms with E-state index in [4.69, 9.17) is 0 Å². The first-order valence-electron chi connectivity index (χ1n) is 6.41. The second-order valence-electron chi connectivity index (χ2n) is 4.47. The lowest BCUT2D eigenvalue weighted by molar-refractivity contribution is -0.384. The molecule has 1 rings (SSSR count). The summed E-state index contributed by atoms with van der Waals surface area (Å²) in [6, 6.07) is 3.37. The number of benzene rings is 1. The molecule has 0 heterocycles. The Balaban J connectivity index is 2.54. The van der Waals surface area contributed by atoms with Gasteiger partial charge in [0.2, 0.25) is 5.91 Å². The number of amides is 1. The molecule has 7 heteroatoms.